The molecule has 0 saturated heterocycles. The van der Waals surface area contributed by atoms with Gasteiger partial charge in [0.1, 0.15) is 0 Å². The Balaban J connectivity index is 2.17. The van der Waals surface area contributed by atoms with Gasteiger partial charge >= 0.3 is 0 Å². The lowest BCUT2D eigenvalue weighted by atomic mass is 10.0. The van der Waals surface area contributed by atoms with E-state index < -0.39 is 0 Å². The molecule has 2 N–H and O–H groups in total. The summed E-state index contributed by atoms with van der Waals surface area (Å²) >= 11 is 1.80. The Morgan fingerprint density at radius 3 is 2.89 bits per heavy atom. The molecular weight excluding hydrogens is 244 g/mol. The summed E-state index contributed by atoms with van der Waals surface area (Å²) < 4.78 is 0. The van der Waals surface area contributed by atoms with Gasteiger partial charge in [-0.2, -0.15) is 0 Å². The molecule has 18 heavy (non-hydrogen) atoms. The molecule has 0 spiro atoms. The van der Waals surface area contributed by atoms with Gasteiger partial charge in [0.2, 0.25) is 5.91 Å². The number of nitrogens with zero attached hydrogens (tertiary/aromatic N) is 1. The van der Waals surface area contributed by atoms with Crippen molar-refractivity contribution in [1.29, 1.82) is 0 Å². The molecule has 0 radical (unpaired) electrons. The molecule has 1 atom stereocenters. The quantitative estimate of drug-likeness (QED) is 0.912. The van der Waals surface area contributed by atoms with Crippen LogP contribution in [0, 0.1) is 5.92 Å². The fourth-order valence-corrected chi connectivity index (χ4v) is 3.20. The van der Waals surface area contributed by atoms with Gasteiger partial charge < -0.3 is 10.6 Å². The number of fused-ring (bicyclic) bond motifs is 1. The Hall–Kier alpha value is -1.00. The van der Waals surface area contributed by atoms with Crippen molar-refractivity contribution in [1.82, 2.24) is 0 Å². The summed E-state index contributed by atoms with van der Waals surface area (Å²) in [5, 5.41) is 0. The molecule has 1 aromatic rings. The predicted molar refractivity (Wildman–Crippen MR) is 76.9 cm³/mol. The molecule has 0 aliphatic carbocycles. The topological polar surface area (TPSA) is 46.3 Å². The first kappa shape index (κ1) is 13.4. The first-order valence-corrected chi connectivity index (χ1v) is 7.37. The molecule has 1 aliphatic rings. The number of benzene rings is 1. The van der Waals surface area contributed by atoms with E-state index in [1.165, 1.54) is 4.90 Å². The lowest BCUT2D eigenvalue weighted by Gasteiger charge is -2.31. The van der Waals surface area contributed by atoms with E-state index in [0.29, 0.717) is 5.92 Å². The van der Waals surface area contributed by atoms with Crippen molar-refractivity contribution in [3.8, 4) is 0 Å². The van der Waals surface area contributed by atoms with Crippen molar-refractivity contribution in [2.24, 2.45) is 11.7 Å². The Bertz CT molecular complexity index is 434. The van der Waals surface area contributed by atoms with Crippen LogP contribution in [0.15, 0.2) is 29.2 Å². The maximum Gasteiger partial charge on any atom is 0.243 e. The maximum absolute atomic E-state index is 12.4. The number of nitrogens with two attached hydrogens (primary N) is 1. The molecule has 0 fully saturated rings. The molecule has 0 unspecified atom stereocenters. The van der Waals surface area contributed by atoms with E-state index in [1.54, 1.807) is 11.8 Å². The summed E-state index contributed by atoms with van der Waals surface area (Å²) in [6, 6.07) is 7.66. The van der Waals surface area contributed by atoms with Crippen molar-refractivity contribution in [2.75, 3.05) is 17.2 Å². The van der Waals surface area contributed by atoms with Gasteiger partial charge in [-0.05, 0) is 24.5 Å². The number of amides is 1. The molecule has 0 bridgehead atoms. The molecule has 1 heterocycles. The average Bonchev–Trinajstić information content (AvgIpc) is 2.36. The third-order valence-corrected chi connectivity index (χ3v) is 4.08. The fourth-order valence-electron chi connectivity index (χ4n) is 2.21. The number of thioether (sulfide) groups is 1. The number of rotatable bonds is 3. The lowest BCUT2D eigenvalue weighted by Crippen LogP contribution is -2.46. The Morgan fingerprint density at radius 2 is 2.17 bits per heavy atom. The second kappa shape index (κ2) is 5.76. The second-order valence-electron chi connectivity index (χ2n) is 5.04. The van der Waals surface area contributed by atoms with Crippen LogP contribution >= 0.6 is 11.8 Å². The van der Waals surface area contributed by atoms with Crippen LogP contribution in [0.3, 0.4) is 0 Å². The van der Waals surface area contributed by atoms with Crippen LogP contribution in [0.4, 0.5) is 5.69 Å². The standard InChI is InChI=1S/C14H20N2OS/c1-10(2)9-11(15)14(17)16-7-8-18-13-6-4-3-5-12(13)16/h3-6,10-11H,7-9,15H2,1-2H3/t11-/m0/s1. The summed E-state index contributed by atoms with van der Waals surface area (Å²) in [5.74, 6) is 1.44. The minimum absolute atomic E-state index is 0.0523. The highest BCUT2D eigenvalue weighted by Crippen LogP contribution is 2.34. The molecule has 1 amide bonds. The van der Waals surface area contributed by atoms with Crippen molar-refractivity contribution in [3.05, 3.63) is 24.3 Å². The Morgan fingerprint density at radius 1 is 1.44 bits per heavy atom. The Labute approximate surface area is 113 Å². The second-order valence-corrected chi connectivity index (χ2v) is 6.18. The van der Waals surface area contributed by atoms with Crippen LogP contribution in [-0.4, -0.2) is 24.2 Å². The monoisotopic (exact) mass is 264 g/mol. The van der Waals surface area contributed by atoms with Crippen molar-refractivity contribution < 1.29 is 4.79 Å². The van der Waals surface area contributed by atoms with Crippen LogP contribution in [0.5, 0.6) is 0 Å². The van der Waals surface area contributed by atoms with Gasteiger partial charge in [0.25, 0.3) is 0 Å². The van der Waals surface area contributed by atoms with Gasteiger partial charge in [-0.1, -0.05) is 26.0 Å². The van der Waals surface area contributed by atoms with Gasteiger partial charge in [-0.3, -0.25) is 4.79 Å². The summed E-state index contributed by atoms with van der Waals surface area (Å²) in [6.45, 7) is 4.94. The molecule has 1 aliphatic heterocycles. The number of para-hydroxylation sites is 1. The summed E-state index contributed by atoms with van der Waals surface area (Å²) in [7, 11) is 0. The van der Waals surface area contributed by atoms with Crippen LogP contribution in [-0.2, 0) is 4.79 Å². The summed E-state index contributed by atoms with van der Waals surface area (Å²) in [5.41, 5.74) is 7.02. The van der Waals surface area contributed by atoms with Crippen molar-refractivity contribution in [3.63, 3.8) is 0 Å². The zero-order chi connectivity index (χ0) is 13.1. The molecule has 0 aromatic heterocycles. The van der Waals surface area contributed by atoms with E-state index in [2.05, 4.69) is 19.9 Å². The number of hydrogen-bond acceptors (Lipinski definition) is 3. The SMILES string of the molecule is CC(C)C[C@H](N)C(=O)N1CCSc2ccccc21. The molecule has 0 saturated carbocycles. The predicted octanol–water partition coefficient (Wildman–Crippen LogP) is 2.50. The van der Waals surface area contributed by atoms with E-state index in [-0.39, 0.29) is 11.9 Å². The van der Waals surface area contributed by atoms with Crippen LogP contribution in [0.1, 0.15) is 20.3 Å². The fraction of sp³-hybridized carbons (Fsp3) is 0.500. The van der Waals surface area contributed by atoms with E-state index in [1.807, 2.05) is 23.1 Å². The largest absolute Gasteiger partial charge is 0.320 e. The Kier molecular flexibility index (Phi) is 4.30. The lowest BCUT2D eigenvalue weighted by molar-refractivity contribution is -0.120. The van der Waals surface area contributed by atoms with Crippen molar-refractivity contribution >= 4 is 23.4 Å². The van der Waals surface area contributed by atoms with E-state index >= 15 is 0 Å². The summed E-state index contributed by atoms with van der Waals surface area (Å²) in [6.07, 6.45) is 0.741. The van der Waals surface area contributed by atoms with Crippen molar-refractivity contribution in [2.45, 2.75) is 31.2 Å². The zero-order valence-corrected chi connectivity index (χ0v) is 11.7. The van der Waals surface area contributed by atoms with E-state index in [9.17, 15) is 4.79 Å². The maximum atomic E-state index is 12.4. The smallest absolute Gasteiger partial charge is 0.243 e. The van der Waals surface area contributed by atoms with Crippen LogP contribution in [0.25, 0.3) is 0 Å². The van der Waals surface area contributed by atoms with E-state index in [0.717, 1.165) is 24.4 Å². The summed E-state index contributed by atoms with van der Waals surface area (Å²) in [4.78, 5) is 15.4. The van der Waals surface area contributed by atoms with Crippen LogP contribution in [0.2, 0.25) is 0 Å². The first-order valence-electron chi connectivity index (χ1n) is 6.38. The van der Waals surface area contributed by atoms with Gasteiger partial charge in [0.15, 0.2) is 0 Å². The normalized spacial score (nSPS) is 16.6. The minimum Gasteiger partial charge on any atom is -0.320 e. The highest BCUT2D eigenvalue weighted by Gasteiger charge is 2.26. The molecule has 98 valence electrons. The average molecular weight is 264 g/mol. The van der Waals surface area contributed by atoms with Gasteiger partial charge in [0, 0.05) is 17.2 Å². The first-order chi connectivity index (χ1) is 8.59. The van der Waals surface area contributed by atoms with Gasteiger partial charge in [-0.25, -0.2) is 0 Å². The molecule has 1 aromatic carbocycles. The zero-order valence-electron chi connectivity index (χ0n) is 10.9. The number of anilines is 1. The molecule has 4 heteroatoms. The van der Waals surface area contributed by atoms with E-state index in [4.69, 9.17) is 5.73 Å². The minimum atomic E-state index is -0.388. The molecular formula is C14H20N2OS. The third-order valence-electron chi connectivity index (χ3n) is 3.04. The highest BCUT2D eigenvalue weighted by molar-refractivity contribution is 7.99. The third kappa shape index (κ3) is 2.87. The highest BCUT2D eigenvalue weighted by atomic mass is 32.2. The van der Waals surface area contributed by atoms with Gasteiger partial charge in [0.05, 0.1) is 11.7 Å². The molecule has 2 rings (SSSR count). The molecule has 3 nitrogen and oxygen atoms in total. The number of carbonyl (C=O) groups excluding carboxylic acids is 1. The van der Waals surface area contributed by atoms with Crippen LogP contribution < -0.4 is 10.6 Å². The van der Waals surface area contributed by atoms with Gasteiger partial charge in [-0.15, -0.1) is 11.8 Å². The number of carbonyl (C=O) groups is 1. The number of hydrogen-bond donors (Lipinski definition) is 1.